The molecule has 1 heterocycles. The van der Waals surface area contributed by atoms with Crippen LogP contribution in [0.2, 0.25) is 0 Å². The minimum absolute atomic E-state index is 0.171. The number of para-hydroxylation sites is 1. The monoisotopic (exact) mass is 180 g/mol. The van der Waals surface area contributed by atoms with Gasteiger partial charge in [0.15, 0.2) is 0 Å². The summed E-state index contributed by atoms with van der Waals surface area (Å²) in [6.45, 7) is 2.94. The van der Waals surface area contributed by atoms with E-state index in [2.05, 4.69) is 10.6 Å². The van der Waals surface area contributed by atoms with Crippen molar-refractivity contribution in [1.82, 2.24) is 5.32 Å². The Hall–Kier alpha value is -1.09. The molecular formula is C10H13FN2. The first-order chi connectivity index (χ1) is 6.36. The number of anilines is 1. The number of hydrogen-bond acceptors (Lipinski definition) is 2. The molecule has 0 aromatic heterocycles. The molecule has 2 N–H and O–H groups in total. The van der Waals surface area contributed by atoms with Crippen LogP contribution in [0.5, 0.6) is 0 Å². The van der Waals surface area contributed by atoms with Crippen molar-refractivity contribution in [2.75, 3.05) is 25.0 Å². The fraction of sp³-hybridized carbons (Fsp3) is 0.400. The first-order valence-corrected chi connectivity index (χ1v) is 4.55. The van der Waals surface area contributed by atoms with Crippen molar-refractivity contribution in [2.24, 2.45) is 5.92 Å². The molecule has 2 nitrogen and oxygen atoms in total. The van der Waals surface area contributed by atoms with Crippen molar-refractivity contribution in [2.45, 2.75) is 0 Å². The van der Waals surface area contributed by atoms with Crippen LogP contribution in [0.15, 0.2) is 24.3 Å². The van der Waals surface area contributed by atoms with E-state index >= 15 is 0 Å². The van der Waals surface area contributed by atoms with Gasteiger partial charge in [-0.25, -0.2) is 4.39 Å². The van der Waals surface area contributed by atoms with E-state index in [0.29, 0.717) is 11.6 Å². The van der Waals surface area contributed by atoms with Gasteiger partial charge in [-0.2, -0.15) is 0 Å². The Labute approximate surface area is 77.2 Å². The van der Waals surface area contributed by atoms with Gasteiger partial charge >= 0.3 is 0 Å². The van der Waals surface area contributed by atoms with Gasteiger partial charge in [-0.15, -0.1) is 0 Å². The van der Waals surface area contributed by atoms with Gasteiger partial charge < -0.3 is 10.6 Å². The molecule has 1 fully saturated rings. The third-order valence-electron chi connectivity index (χ3n) is 2.32. The molecule has 0 bridgehead atoms. The Morgan fingerprint density at radius 3 is 2.77 bits per heavy atom. The molecule has 1 aromatic carbocycles. The molecule has 0 atom stereocenters. The zero-order valence-electron chi connectivity index (χ0n) is 7.39. The second kappa shape index (κ2) is 3.75. The highest BCUT2D eigenvalue weighted by atomic mass is 19.1. The van der Waals surface area contributed by atoms with Crippen molar-refractivity contribution >= 4 is 5.69 Å². The Balaban J connectivity index is 1.89. The van der Waals surface area contributed by atoms with Gasteiger partial charge in [0.05, 0.1) is 5.69 Å². The fourth-order valence-corrected chi connectivity index (χ4v) is 1.35. The molecule has 1 aliphatic heterocycles. The second-order valence-corrected chi connectivity index (χ2v) is 3.39. The Kier molecular flexibility index (Phi) is 2.45. The predicted molar refractivity (Wildman–Crippen MR) is 51.2 cm³/mol. The summed E-state index contributed by atoms with van der Waals surface area (Å²) in [5.41, 5.74) is 0.606. The normalized spacial score (nSPS) is 16.7. The van der Waals surface area contributed by atoms with Crippen molar-refractivity contribution in [1.29, 1.82) is 0 Å². The predicted octanol–water partition coefficient (Wildman–Crippen LogP) is 1.46. The minimum Gasteiger partial charge on any atom is -0.382 e. The Morgan fingerprint density at radius 2 is 2.15 bits per heavy atom. The molecule has 0 aliphatic carbocycles. The molecule has 2 rings (SSSR count). The van der Waals surface area contributed by atoms with Crippen LogP contribution in [0.3, 0.4) is 0 Å². The van der Waals surface area contributed by atoms with E-state index < -0.39 is 0 Å². The van der Waals surface area contributed by atoms with Gasteiger partial charge in [-0.1, -0.05) is 12.1 Å². The first-order valence-electron chi connectivity index (χ1n) is 4.55. The lowest BCUT2D eigenvalue weighted by Crippen LogP contribution is -2.45. The third kappa shape index (κ3) is 1.98. The van der Waals surface area contributed by atoms with Crippen LogP contribution in [-0.4, -0.2) is 19.6 Å². The van der Waals surface area contributed by atoms with Crippen LogP contribution < -0.4 is 10.6 Å². The molecule has 0 unspecified atom stereocenters. The summed E-state index contributed by atoms with van der Waals surface area (Å²) in [5, 5.41) is 6.28. The minimum atomic E-state index is -0.171. The van der Waals surface area contributed by atoms with Crippen LogP contribution in [0.1, 0.15) is 0 Å². The van der Waals surface area contributed by atoms with E-state index in [1.54, 1.807) is 12.1 Å². The molecule has 0 amide bonds. The fourth-order valence-electron chi connectivity index (χ4n) is 1.35. The average molecular weight is 180 g/mol. The topological polar surface area (TPSA) is 24.1 Å². The molecule has 1 saturated heterocycles. The van der Waals surface area contributed by atoms with Crippen molar-refractivity contribution in [3.05, 3.63) is 30.1 Å². The SMILES string of the molecule is Fc1ccccc1NCC1CNC1. The van der Waals surface area contributed by atoms with Gasteiger partial charge in [0, 0.05) is 25.6 Å². The summed E-state index contributed by atoms with van der Waals surface area (Å²) in [4.78, 5) is 0. The summed E-state index contributed by atoms with van der Waals surface area (Å²) in [6, 6.07) is 6.78. The lowest BCUT2D eigenvalue weighted by Gasteiger charge is -2.27. The zero-order valence-corrected chi connectivity index (χ0v) is 7.39. The largest absolute Gasteiger partial charge is 0.382 e. The molecule has 1 aromatic rings. The number of halogens is 1. The Bertz CT molecular complexity index is 284. The van der Waals surface area contributed by atoms with Crippen molar-refractivity contribution in [3.63, 3.8) is 0 Å². The maximum atomic E-state index is 13.1. The average Bonchev–Trinajstić information content (AvgIpc) is 2.05. The summed E-state index contributed by atoms with van der Waals surface area (Å²) in [5.74, 6) is 0.481. The van der Waals surface area contributed by atoms with Crippen LogP contribution in [0.25, 0.3) is 0 Å². The van der Waals surface area contributed by atoms with E-state index in [1.165, 1.54) is 6.07 Å². The lowest BCUT2D eigenvalue weighted by molar-refractivity contribution is 0.365. The van der Waals surface area contributed by atoms with Gasteiger partial charge in [0.2, 0.25) is 0 Å². The molecule has 1 aliphatic rings. The third-order valence-corrected chi connectivity index (χ3v) is 2.32. The number of rotatable bonds is 3. The summed E-state index contributed by atoms with van der Waals surface area (Å²) in [6.07, 6.45) is 0. The highest BCUT2D eigenvalue weighted by Gasteiger charge is 2.16. The number of nitrogens with one attached hydrogen (secondary N) is 2. The van der Waals surface area contributed by atoms with Gasteiger partial charge in [0.25, 0.3) is 0 Å². The summed E-state index contributed by atoms with van der Waals surface area (Å²) >= 11 is 0. The second-order valence-electron chi connectivity index (χ2n) is 3.39. The van der Waals surface area contributed by atoms with Gasteiger partial charge in [-0.05, 0) is 12.1 Å². The maximum Gasteiger partial charge on any atom is 0.146 e. The first kappa shape index (κ1) is 8.51. The van der Waals surface area contributed by atoms with E-state index in [0.717, 1.165) is 19.6 Å². The number of benzene rings is 1. The van der Waals surface area contributed by atoms with E-state index in [-0.39, 0.29) is 5.82 Å². The van der Waals surface area contributed by atoms with Crippen LogP contribution in [0.4, 0.5) is 10.1 Å². The molecule has 3 heteroatoms. The van der Waals surface area contributed by atoms with Crippen LogP contribution in [0, 0.1) is 11.7 Å². The van der Waals surface area contributed by atoms with E-state index in [4.69, 9.17) is 0 Å². The summed E-state index contributed by atoms with van der Waals surface area (Å²) < 4.78 is 13.1. The zero-order chi connectivity index (χ0) is 9.10. The molecule has 13 heavy (non-hydrogen) atoms. The van der Waals surface area contributed by atoms with Crippen molar-refractivity contribution in [3.8, 4) is 0 Å². The summed E-state index contributed by atoms with van der Waals surface area (Å²) in [7, 11) is 0. The van der Waals surface area contributed by atoms with E-state index in [9.17, 15) is 4.39 Å². The van der Waals surface area contributed by atoms with Gasteiger partial charge in [-0.3, -0.25) is 0 Å². The quantitative estimate of drug-likeness (QED) is 0.735. The van der Waals surface area contributed by atoms with Crippen LogP contribution >= 0.6 is 0 Å². The van der Waals surface area contributed by atoms with Gasteiger partial charge in [0.1, 0.15) is 5.82 Å². The van der Waals surface area contributed by atoms with Crippen molar-refractivity contribution < 1.29 is 4.39 Å². The maximum absolute atomic E-state index is 13.1. The lowest BCUT2D eigenvalue weighted by atomic mass is 10.0. The molecule has 70 valence electrons. The molecule has 0 saturated carbocycles. The highest BCUT2D eigenvalue weighted by molar-refractivity contribution is 5.44. The smallest absolute Gasteiger partial charge is 0.146 e. The molecular weight excluding hydrogens is 167 g/mol. The Morgan fingerprint density at radius 1 is 1.38 bits per heavy atom. The standard InChI is InChI=1S/C10H13FN2/c11-9-3-1-2-4-10(9)13-7-8-5-12-6-8/h1-4,8,12-13H,5-7H2. The highest BCUT2D eigenvalue weighted by Crippen LogP contribution is 2.13. The van der Waals surface area contributed by atoms with E-state index in [1.807, 2.05) is 6.07 Å². The van der Waals surface area contributed by atoms with Crippen LogP contribution in [-0.2, 0) is 0 Å². The molecule has 0 spiro atoms. The number of hydrogen-bond donors (Lipinski definition) is 2. The molecule has 0 radical (unpaired) electrons.